The Morgan fingerprint density at radius 3 is 2.81 bits per heavy atom. The van der Waals surface area contributed by atoms with E-state index in [0.717, 1.165) is 6.20 Å². The van der Waals surface area contributed by atoms with E-state index in [4.69, 9.17) is 25.3 Å². The second kappa shape index (κ2) is 9.92. The van der Waals surface area contributed by atoms with Gasteiger partial charge in [-0.2, -0.15) is 4.98 Å². The van der Waals surface area contributed by atoms with Gasteiger partial charge in [-0.15, -0.1) is 0 Å². The van der Waals surface area contributed by atoms with E-state index in [0.29, 0.717) is 4.57 Å². The van der Waals surface area contributed by atoms with Crippen molar-refractivity contribution in [2.45, 2.75) is 57.1 Å². The molecular formula is C15H23FN7O8P. The number of carbonyl (C=O) groups excluding carboxylic acids is 1. The summed E-state index contributed by atoms with van der Waals surface area (Å²) >= 11 is 0. The number of hydrogen-bond donors (Lipinski definition) is 4. The molecule has 2 heterocycles. The first-order valence-electron chi connectivity index (χ1n) is 9.18. The number of nitrogens with zero attached hydrogens (tertiary/aromatic N) is 5. The average molecular weight is 479 g/mol. The zero-order valence-electron chi connectivity index (χ0n) is 17.2. The lowest BCUT2D eigenvalue weighted by atomic mass is 10.1. The second-order valence-electron chi connectivity index (χ2n) is 7.11. The largest absolute Gasteiger partial charge is 0.462 e. The van der Waals surface area contributed by atoms with Gasteiger partial charge in [0.05, 0.1) is 12.7 Å². The highest BCUT2D eigenvalue weighted by molar-refractivity contribution is 7.50. The van der Waals surface area contributed by atoms with Gasteiger partial charge in [-0.25, -0.2) is 18.8 Å². The molecule has 5 N–H and O–H groups in total. The number of carbonyl (C=O) groups is 1. The highest BCUT2D eigenvalue weighted by Gasteiger charge is 2.57. The molecule has 0 spiro atoms. The summed E-state index contributed by atoms with van der Waals surface area (Å²) in [5.74, 6) is -0.994. The van der Waals surface area contributed by atoms with E-state index in [1.807, 2.05) is 5.09 Å². The summed E-state index contributed by atoms with van der Waals surface area (Å²) in [4.78, 5) is 39.7. The maximum absolute atomic E-state index is 14.9. The van der Waals surface area contributed by atoms with Crippen LogP contribution in [0.2, 0.25) is 0 Å². The fourth-order valence-electron chi connectivity index (χ4n) is 2.74. The van der Waals surface area contributed by atoms with E-state index in [-0.39, 0.29) is 5.82 Å². The number of nitrogens with one attached hydrogen (secondary N) is 1. The third-order valence-corrected chi connectivity index (χ3v) is 5.39. The number of ether oxygens (including phenoxy) is 2. The van der Waals surface area contributed by atoms with Crippen LogP contribution in [0.4, 0.5) is 10.2 Å². The molecule has 17 heteroatoms. The van der Waals surface area contributed by atoms with Gasteiger partial charge >= 0.3 is 19.4 Å². The quantitative estimate of drug-likeness (QED) is 0.122. The minimum atomic E-state index is -4.78. The zero-order valence-corrected chi connectivity index (χ0v) is 18.1. The van der Waals surface area contributed by atoms with Crippen molar-refractivity contribution < 1.29 is 37.7 Å². The Labute approximate surface area is 180 Å². The average Bonchev–Trinajstić information content (AvgIpc) is 2.92. The van der Waals surface area contributed by atoms with Crippen LogP contribution in [0.25, 0.3) is 10.4 Å². The number of hydrogen-bond acceptors (Lipinski definition) is 10. The molecule has 0 bridgehead atoms. The smallest absolute Gasteiger partial charge is 0.403 e. The first kappa shape index (κ1) is 25.7. The Kier molecular flexibility index (Phi) is 7.96. The molecule has 1 fully saturated rings. The Morgan fingerprint density at radius 2 is 2.25 bits per heavy atom. The van der Waals surface area contributed by atoms with E-state index in [1.54, 1.807) is 13.8 Å². The molecule has 15 nitrogen and oxygen atoms in total. The lowest BCUT2D eigenvalue weighted by Crippen LogP contribution is -2.43. The number of aliphatic hydroxyl groups is 1. The van der Waals surface area contributed by atoms with Crippen molar-refractivity contribution in [3.8, 4) is 0 Å². The Bertz CT molecular complexity index is 1000. The Hall–Kier alpha value is -2.58. The van der Waals surface area contributed by atoms with Crippen LogP contribution in [0.5, 0.6) is 0 Å². The summed E-state index contributed by atoms with van der Waals surface area (Å²) in [6, 6.07) is -0.106. The van der Waals surface area contributed by atoms with Gasteiger partial charge in [-0.3, -0.25) is 13.9 Å². The van der Waals surface area contributed by atoms with Gasteiger partial charge in [0.15, 0.2) is 12.4 Å². The van der Waals surface area contributed by atoms with Crippen LogP contribution in [0.15, 0.2) is 22.2 Å². The van der Waals surface area contributed by atoms with Crippen molar-refractivity contribution in [1.82, 2.24) is 14.6 Å². The predicted molar refractivity (Wildman–Crippen MR) is 105 cm³/mol. The minimum Gasteiger partial charge on any atom is -0.462 e. The van der Waals surface area contributed by atoms with Gasteiger partial charge in [0.25, 0.3) is 0 Å². The van der Waals surface area contributed by atoms with Gasteiger partial charge < -0.3 is 25.2 Å². The Morgan fingerprint density at radius 1 is 1.59 bits per heavy atom. The number of nitrogen functional groups attached to an aromatic ring is 1. The Balaban J connectivity index is 2.21. The molecule has 1 aliphatic heterocycles. The molecule has 32 heavy (non-hydrogen) atoms. The summed E-state index contributed by atoms with van der Waals surface area (Å²) in [5, 5.41) is 15.4. The van der Waals surface area contributed by atoms with Crippen LogP contribution < -0.4 is 16.5 Å². The van der Waals surface area contributed by atoms with Crippen LogP contribution >= 0.6 is 7.75 Å². The molecule has 0 aromatic carbocycles. The van der Waals surface area contributed by atoms with Crippen molar-refractivity contribution in [2.24, 2.45) is 5.11 Å². The normalized spacial score (nSPS) is 28.0. The van der Waals surface area contributed by atoms with E-state index in [2.05, 4.69) is 15.0 Å². The molecule has 2 rings (SSSR count). The maximum atomic E-state index is 14.9. The van der Waals surface area contributed by atoms with Gasteiger partial charge in [-0.05, 0) is 32.4 Å². The number of aliphatic hydroxyl groups excluding tert-OH is 1. The molecule has 0 saturated carbocycles. The van der Waals surface area contributed by atoms with Gasteiger partial charge in [0.2, 0.25) is 5.72 Å². The number of nitrogens with two attached hydrogens (primary N) is 1. The molecule has 0 amide bonds. The van der Waals surface area contributed by atoms with Crippen LogP contribution in [0.3, 0.4) is 0 Å². The molecule has 178 valence electrons. The molecule has 1 saturated heterocycles. The van der Waals surface area contributed by atoms with Crippen LogP contribution in [0, 0.1) is 0 Å². The molecule has 1 aromatic heterocycles. The maximum Gasteiger partial charge on any atom is 0.403 e. The standard InChI is InChI=1S/C15H23FN7O8P/c1-7(2)30-13(25)8(3)20-32(27,28)29-6-15(21-22-18)11(16)10(24)12(31-15)23-5-4-9(17)19-14(23)26/h4-5,7-8,10-12,24H,6H2,1-3H3,(H2,17,19,26)(H2,20,27,28)/t8-,10+,11-,12+,15+/m0/s1. The molecule has 6 atom stereocenters. The lowest BCUT2D eigenvalue weighted by Gasteiger charge is -2.27. The van der Waals surface area contributed by atoms with Crippen molar-refractivity contribution in [1.29, 1.82) is 0 Å². The number of anilines is 1. The summed E-state index contributed by atoms with van der Waals surface area (Å²) in [5.41, 5.74) is 10.6. The number of azide groups is 1. The van der Waals surface area contributed by atoms with Crippen molar-refractivity contribution in [3.05, 3.63) is 33.2 Å². The number of rotatable bonds is 9. The van der Waals surface area contributed by atoms with Crippen molar-refractivity contribution >= 4 is 19.5 Å². The number of aromatic nitrogens is 2. The third-order valence-electron chi connectivity index (χ3n) is 4.20. The highest BCUT2D eigenvalue weighted by atomic mass is 31.2. The summed E-state index contributed by atoms with van der Waals surface area (Å²) in [6.07, 6.45) is -5.65. The number of halogens is 1. The molecule has 1 aliphatic rings. The number of esters is 1. The fraction of sp³-hybridized carbons (Fsp3) is 0.667. The molecule has 0 radical (unpaired) electrons. The topological polar surface area (TPSA) is 224 Å². The van der Waals surface area contributed by atoms with Crippen LogP contribution in [-0.4, -0.2) is 62.3 Å². The highest BCUT2D eigenvalue weighted by Crippen LogP contribution is 2.45. The fourth-order valence-corrected chi connectivity index (χ4v) is 3.77. The predicted octanol–water partition coefficient (Wildman–Crippen LogP) is 0.107. The van der Waals surface area contributed by atoms with Crippen molar-refractivity contribution in [2.75, 3.05) is 12.3 Å². The van der Waals surface area contributed by atoms with E-state index in [1.165, 1.54) is 13.0 Å². The SMILES string of the molecule is CC(C)OC(=O)[C@H](C)NP(=O)(O)OC[C@@]1(N=[N+]=[N-])O[C@@H](n2ccc(N)nc2=O)[C@H](O)[C@@H]1F. The lowest BCUT2D eigenvalue weighted by molar-refractivity contribution is -0.149. The monoisotopic (exact) mass is 479 g/mol. The third kappa shape index (κ3) is 5.81. The van der Waals surface area contributed by atoms with Crippen LogP contribution in [0.1, 0.15) is 27.0 Å². The van der Waals surface area contributed by atoms with Gasteiger partial charge in [-0.1, -0.05) is 5.11 Å². The van der Waals surface area contributed by atoms with E-state index in [9.17, 15) is 28.5 Å². The van der Waals surface area contributed by atoms with Crippen molar-refractivity contribution in [3.63, 3.8) is 0 Å². The first-order valence-corrected chi connectivity index (χ1v) is 10.8. The van der Waals surface area contributed by atoms with E-state index >= 15 is 0 Å². The van der Waals surface area contributed by atoms with Gasteiger partial charge in [0, 0.05) is 11.1 Å². The summed E-state index contributed by atoms with van der Waals surface area (Å²) in [6.45, 7) is 3.22. The zero-order chi connectivity index (χ0) is 24.3. The molecular weight excluding hydrogens is 456 g/mol. The molecule has 1 aromatic rings. The van der Waals surface area contributed by atoms with Gasteiger partial charge in [0.1, 0.15) is 18.0 Å². The molecule has 0 aliphatic carbocycles. The molecule has 1 unspecified atom stereocenters. The summed E-state index contributed by atoms with van der Waals surface area (Å²) in [7, 11) is -4.78. The van der Waals surface area contributed by atoms with Crippen LogP contribution in [-0.2, 0) is 23.4 Å². The number of alkyl halides is 1. The summed E-state index contributed by atoms with van der Waals surface area (Å²) < 4.78 is 42.9. The first-order chi connectivity index (χ1) is 14.8. The van der Waals surface area contributed by atoms with E-state index < -0.39 is 62.4 Å². The second-order valence-corrected chi connectivity index (χ2v) is 8.66. The minimum absolute atomic E-state index is 0.141.